The van der Waals surface area contributed by atoms with Gasteiger partial charge in [0, 0.05) is 12.5 Å². The molecule has 1 aromatic heterocycles. The van der Waals surface area contributed by atoms with E-state index in [1.54, 1.807) is 0 Å². The highest BCUT2D eigenvalue weighted by atomic mass is 32.1. The second kappa shape index (κ2) is 4.96. The van der Waals surface area contributed by atoms with Gasteiger partial charge in [-0.2, -0.15) is 11.3 Å². The number of anilines is 1. The SMILES string of the molecule is COCC(N)C(=O)Nc1ccsc1. The summed E-state index contributed by atoms with van der Waals surface area (Å²) in [5.74, 6) is -0.222. The quantitative estimate of drug-likeness (QED) is 0.750. The summed E-state index contributed by atoms with van der Waals surface area (Å²) in [5.41, 5.74) is 6.29. The highest BCUT2D eigenvalue weighted by Gasteiger charge is 2.12. The fourth-order valence-electron chi connectivity index (χ4n) is 0.826. The van der Waals surface area contributed by atoms with Crippen LogP contribution in [0.5, 0.6) is 0 Å². The zero-order valence-corrected chi connectivity index (χ0v) is 8.14. The van der Waals surface area contributed by atoms with Crippen LogP contribution < -0.4 is 11.1 Å². The maximum atomic E-state index is 11.3. The van der Waals surface area contributed by atoms with E-state index in [-0.39, 0.29) is 12.5 Å². The number of thiophene rings is 1. The second-order valence-electron chi connectivity index (χ2n) is 2.56. The average Bonchev–Trinajstić information content (AvgIpc) is 2.57. The van der Waals surface area contributed by atoms with E-state index in [1.807, 2.05) is 16.8 Å². The molecular formula is C8H12N2O2S. The van der Waals surface area contributed by atoms with Crippen LogP contribution in [-0.2, 0) is 9.53 Å². The lowest BCUT2D eigenvalue weighted by molar-refractivity contribution is -0.118. The summed E-state index contributed by atoms with van der Waals surface area (Å²) in [7, 11) is 1.51. The average molecular weight is 200 g/mol. The zero-order valence-electron chi connectivity index (χ0n) is 7.32. The first kappa shape index (κ1) is 10.2. The number of nitrogens with one attached hydrogen (secondary N) is 1. The molecule has 1 rings (SSSR count). The molecule has 0 radical (unpaired) electrons. The maximum Gasteiger partial charge on any atom is 0.243 e. The lowest BCUT2D eigenvalue weighted by Gasteiger charge is -2.09. The van der Waals surface area contributed by atoms with Crippen molar-refractivity contribution in [1.29, 1.82) is 0 Å². The molecule has 3 N–H and O–H groups in total. The number of methoxy groups -OCH3 is 1. The van der Waals surface area contributed by atoms with E-state index in [4.69, 9.17) is 10.5 Å². The summed E-state index contributed by atoms with van der Waals surface area (Å²) >= 11 is 1.52. The summed E-state index contributed by atoms with van der Waals surface area (Å²) in [4.78, 5) is 11.3. The molecule has 1 amide bonds. The minimum Gasteiger partial charge on any atom is -0.383 e. The Kier molecular flexibility index (Phi) is 3.88. The molecule has 13 heavy (non-hydrogen) atoms. The molecule has 0 saturated carbocycles. The van der Waals surface area contributed by atoms with Crippen LogP contribution in [0.3, 0.4) is 0 Å². The summed E-state index contributed by atoms with van der Waals surface area (Å²) in [6.07, 6.45) is 0. The normalized spacial score (nSPS) is 12.5. The fraction of sp³-hybridized carbons (Fsp3) is 0.375. The van der Waals surface area contributed by atoms with E-state index in [0.29, 0.717) is 0 Å². The van der Waals surface area contributed by atoms with Gasteiger partial charge in [0.2, 0.25) is 5.91 Å². The monoisotopic (exact) mass is 200 g/mol. The Labute approximate surface area is 80.7 Å². The lowest BCUT2D eigenvalue weighted by Crippen LogP contribution is -2.39. The number of nitrogens with two attached hydrogens (primary N) is 1. The summed E-state index contributed by atoms with van der Waals surface area (Å²) in [6.45, 7) is 0.232. The second-order valence-corrected chi connectivity index (χ2v) is 3.34. The molecule has 1 unspecified atom stereocenters. The number of amides is 1. The van der Waals surface area contributed by atoms with E-state index >= 15 is 0 Å². The van der Waals surface area contributed by atoms with Crippen LogP contribution in [0.4, 0.5) is 5.69 Å². The van der Waals surface area contributed by atoms with Gasteiger partial charge in [0.05, 0.1) is 12.3 Å². The van der Waals surface area contributed by atoms with Gasteiger partial charge in [0.15, 0.2) is 0 Å². The van der Waals surface area contributed by atoms with Gasteiger partial charge in [-0.15, -0.1) is 0 Å². The number of hydrogen-bond acceptors (Lipinski definition) is 4. The van der Waals surface area contributed by atoms with E-state index in [2.05, 4.69) is 5.32 Å². The maximum absolute atomic E-state index is 11.3. The molecule has 0 aliphatic rings. The van der Waals surface area contributed by atoms with Crippen LogP contribution in [0.1, 0.15) is 0 Å². The summed E-state index contributed by atoms with van der Waals surface area (Å²) < 4.78 is 4.76. The standard InChI is InChI=1S/C8H12N2O2S/c1-12-4-7(9)8(11)10-6-2-3-13-5-6/h2-3,5,7H,4,9H2,1H3,(H,10,11). The Bertz CT molecular complexity index is 261. The third-order valence-corrected chi connectivity index (χ3v) is 2.15. The molecule has 0 aliphatic carbocycles. The third kappa shape index (κ3) is 3.14. The molecule has 0 saturated heterocycles. The van der Waals surface area contributed by atoms with Crippen molar-refractivity contribution in [2.75, 3.05) is 19.0 Å². The molecule has 0 bridgehead atoms. The van der Waals surface area contributed by atoms with E-state index in [0.717, 1.165) is 5.69 Å². The zero-order chi connectivity index (χ0) is 9.68. The van der Waals surface area contributed by atoms with Gasteiger partial charge in [-0.1, -0.05) is 0 Å². The van der Waals surface area contributed by atoms with Crippen molar-refractivity contribution in [2.24, 2.45) is 5.73 Å². The Morgan fingerprint density at radius 3 is 3.15 bits per heavy atom. The van der Waals surface area contributed by atoms with Crippen LogP contribution in [-0.4, -0.2) is 25.7 Å². The number of rotatable bonds is 4. The van der Waals surface area contributed by atoms with Crippen molar-refractivity contribution in [3.05, 3.63) is 16.8 Å². The predicted molar refractivity (Wildman–Crippen MR) is 52.8 cm³/mol. The van der Waals surface area contributed by atoms with Crippen LogP contribution in [0.15, 0.2) is 16.8 Å². The molecule has 1 atom stereocenters. The van der Waals surface area contributed by atoms with Gasteiger partial charge in [-0.3, -0.25) is 4.79 Å². The molecule has 0 spiro atoms. The molecule has 0 aromatic carbocycles. The van der Waals surface area contributed by atoms with Crippen molar-refractivity contribution in [2.45, 2.75) is 6.04 Å². The third-order valence-electron chi connectivity index (χ3n) is 1.47. The van der Waals surface area contributed by atoms with Crippen molar-refractivity contribution >= 4 is 22.9 Å². The van der Waals surface area contributed by atoms with Gasteiger partial charge >= 0.3 is 0 Å². The first-order valence-electron chi connectivity index (χ1n) is 3.81. The first-order valence-corrected chi connectivity index (χ1v) is 4.76. The summed E-state index contributed by atoms with van der Waals surface area (Å²) in [6, 6.07) is 1.21. The van der Waals surface area contributed by atoms with Gasteiger partial charge in [0.25, 0.3) is 0 Å². The molecule has 1 aromatic rings. The molecule has 4 nitrogen and oxygen atoms in total. The first-order chi connectivity index (χ1) is 6.24. The van der Waals surface area contributed by atoms with Crippen molar-refractivity contribution < 1.29 is 9.53 Å². The molecule has 5 heteroatoms. The highest BCUT2D eigenvalue weighted by Crippen LogP contribution is 2.11. The van der Waals surface area contributed by atoms with Crippen molar-refractivity contribution in [1.82, 2.24) is 0 Å². The van der Waals surface area contributed by atoms with Crippen molar-refractivity contribution in [3.8, 4) is 0 Å². The lowest BCUT2D eigenvalue weighted by atomic mass is 10.3. The minimum absolute atomic E-state index is 0.222. The van der Waals surface area contributed by atoms with Gasteiger partial charge in [0.1, 0.15) is 6.04 Å². The van der Waals surface area contributed by atoms with E-state index in [1.165, 1.54) is 18.4 Å². The van der Waals surface area contributed by atoms with Crippen LogP contribution in [0.2, 0.25) is 0 Å². The van der Waals surface area contributed by atoms with E-state index in [9.17, 15) is 4.79 Å². The molecule has 0 fully saturated rings. The van der Waals surface area contributed by atoms with Gasteiger partial charge < -0.3 is 15.8 Å². The van der Waals surface area contributed by atoms with Crippen molar-refractivity contribution in [3.63, 3.8) is 0 Å². The smallest absolute Gasteiger partial charge is 0.243 e. The minimum atomic E-state index is -0.607. The fourth-order valence-corrected chi connectivity index (χ4v) is 1.41. The number of carbonyl (C=O) groups excluding carboxylic acids is 1. The number of carbonyl (C=O) groups is 1. The van der Waals surface area contributed by atoms with Gasteiger partial charge in [-0.25, -0.2) is 0 Å². The van der Waals surface area contributed by atoms with Crippen LogP contribution in [0.25, 0.3) is 0 Å². The Balaban J connectivity index is 2.41. The predicted octanol–water partition coefficient (Wildman–Crippen LogP) is 0.660. The number of ether oxygens (including phenoxy) is 1. The molecular weight excluding hydrogens is 188 g/mol. The topological polar surface area (TPSA) is 64.3 Å². The largest absolute Gasteiger partial charge is 0.383 e. The Morgan fingerprint density at radius 2 is 2.62 bits per heavy atom. The van der Waals surface area contributed by atoms with Crippen LogP contribution in [0, 0.1) is 0 Å². The molecule has 1 heterocycles. The van der Waals surface area contributed by atoms with Crippen LogP contribution >= 0.6 is 11.3 Å². The summed E-state index contributed by atoms with van der Waals surface area (Å²) in [5, 5.41) is 6.40. The molecule has 72 valence electrons. The Hall–Kier alpha value is -0.910. The molecule has 0 aliphatic heterocycles. The highest BCUT2D eigenvalue weighted by molar-refractivity contribution is 7.08. The Morgan fingerprint density at radius 1 is 1.85 bits per heavy atom. The number of hydrogen-bond donors (Lipinski definition) is 2. The van der Waals surface area contributed by atoms with E-state index < -0.39 is 6.04 Å². The van der Waals surface area contributed by atoms with Gasteiger partial charge in [-0.05, 0) is 11.4 Å².